The third kappa shape index (κ3) is 6.27. The van der Waals surface area contributed by atoms with E-state index in [1.807, 2.05) is 32.0 Å². The van der Waals surface area contributed by atoms with Gasteiger partial charge in [0.05, 0.1) is 12.2 Å². The van der Waals surface area contributed by atoms with Crippen LogP contribution in [-0.4, -0.2) is 25.0 Å². The van der Waals surface area contributed by atoms with Crippen LogP contribution in [0, 0.1) is 13.8 Å². The van der Waals surface area contributed by atoms with Gasteiger partial charge < -0.3 is 9.47 Å². The summed E-state index contributed by atoms with van der Waals surface area (Å²) in [7, 11) is 0. The second-order valence-electron chi connectivity index (χ2n) is 6.35. The molecule has 0 fully saturated rings. The van der Waals surface area contributed by atoms with Gasteiger partial charge in [-0.1, -0.05) is 47.5 Å². The van der Waals surface area contributed by atoms with Gasteiger partial charge in [-0.3, -0.25) is 20.4 Å². The van der Waals surface area contributed by atoms with Crippen molar-refractivity contribution in [1.29, 1.82) is 0 Å². The highest BCUT2D eigenvalue weighted by Crippen LogP contribution is 2.24. The molecular weight excluding hydrogens is 424 g/mol. The summed E-state index contributed by atoms with van der Waals surface area (Å²) >= 11 is 3.35. The summed E-state index contributed by atoms with van der Waals surface area (Å²) in [5.74, 6) is 0.213. The van der Waals surface area contributed by atoms with Crippen molar-refractivity contribution in [2.75, 3.05) is 13.2 Å². The average Bonchev–Trinajstić information content (AvgIpc) is 2.67. The lowest BCUT2D eigenvalue weighted by Gasteiger charge is -2.14. The number of nitrogens with one attached hydrogen (secondary N) is 2. The minimum absolute atomic E-state index is 0.204. The van der Waals surface area contributed by atoms with E-state index in [1.54, 1.807) is 18.2 Å². The number of halogens is 1. The first-order valence-corrected chi connectivity index (χ1v) is 9.92. The number of rotatable bonds is 8. The van der Waals surface area contributed by atoms with Crippen LogP contribution in [0.4, 0.5) is 0 Å². The molecule has 0 bridgehead atoms. The van der Waals surface area contributed by atoms with Gasteiger partial charge in [0.25, 0.3) is 11.8 Å². The van der Waals surface area contributed by atoms with Crippen LogP contribution in [0.25, 0.3) is 0 Å². The highest BCUT2D eigenvalue weighted by Gasteiger charge is 2.15. The molecule has 2 aromatic rings. The molecule has 0 spiro atoms. The van der Waals surface area contributed by atoms with Crippen LogP contribution in [-0.2, 0) is 4.79 Å². The number of amides is 2. The Balaban J connectivity index is 1.92. The molecule has 0 unspecified atom stereocenters. The Hall–Kier alpha value is -2.54. The van der Waals surface area contributed by atoms with E-state index in [1.165, 1.54) is 0 Å². The lowest BCUT2D eigenvalue weighted by Crippen LogP contribution is -2.44. The normalized spacial score (nSPS) is 10.3. The molecule has 2 rings (SSSR count). The average molecular weight is 449 g/mol. The molecule has 150 valence electrons. The molecule has 0 saturated heterocycles. The van der Waals surface area contributed by atoms with Crippen LogP contribution in [0.5, 0.6) is 11.5 Å². The number of benzene rings is 2. The fourth-order valence-corrected chi connectivity index (χ4v) is 2.89. The first kappa shape index (κ1) is 21.8. The van der Waals surface area contributed by atoms with E-state index in [-0.39, 0.29) is 6.61 Å². The van der Waals surface area contributed by atoms with Gasteiger partial charge in [0.1, 0.15) is 11.5 Å². The van der Waals surface area contributed by atoms with Crippen molar-refractivity contribution in [2.45, 2.75) is 33.6 Å². The summed E-state index contributed by atoms with van der Waals surface area (Å²) in [6.45, 7) is 6.21. The predicted octanol–water partition coefficient (Wildman–Crippen LogP) is 4.08. The Bertz CT molecular complexity index is 819. The SMILES string of the molecule is CCCCOc1ccc(Br)cc1C(=O)NNC(=O)COc1c(C)cccc1C. The number of para-hydroxylation sites is 1. The molecule has 0 aliphatic carbocycles. The molecule has 0 saturated carbocycles. The van der Waals surface area contributed by atoms with Crippen LogP contribution in [0.2, 0.25) is 0 Å². The summed E-state index contributed by atoms with van der Waals surface area (Å²) in [5.41, 5.74) is 7.00. The maximum absolute atomic E-state index is 12.5. The monoisotopic (exact) mass is 448 g/mol. The summed E-state index contributed by atoms with van der Waals surface area (Å²) in [6, 6.07) is 10.9. The molecule has 7 heteroatoms. The van der Waals surface area contributed by atoms with Gasteiger partial charge in [-0.15, -0.1) is 0 Å². The van der Waals surface area contributed by atoms with Crippen LogP contribution in [0.1, 0.15) is 41.3 Å². The fourth-order valence-electron chi connectivity index (χ4n) is 2.53. The fraction of sp³-hybridized carbons (Fsp3) is 0.333. The molecule has 0 aliphatic heterocycles. The predicted molar refractivity (Wildman–Crippen MR) is 112 cm³/mol. The molecule has 0 aliphatic rings. The van der Waals surface area contributed by atoms with E-state index >= 15 is 0 Å². The van der Waals surface area contributed by atoms with Gasteiger partial charge in [0.15, 0.2) is 6.61 Å². The lowest BCUT2D eigenvalue weighted by atomic mass is 10.1. The smallest absolute Gasteiger partial charge is 0.276 e. The van der Waals surface area contributed by atoms with E-state index in [4.69, 9.17) is 9.47 Å². The van der Waals surface area contributed by atoms with Crippen molar-refractivity contribution < 1.29 is 19.1 Å². The Labute approximate surface area is 173 Å². The molecule has 0 heterocycles. The van der Waals surface area contributed by atoms with Gasteiger partial charge in [0.2, 0.25) is 0 Å². The zero-order chi connectivity index (χ0) is 20.5. The molecule has 0 atom stereocenters. The Morgan fingerprint density at radius 3 is 2.43 bits per heavy atom. The molecule has 6 nitrogen and oxygen atoms in total. The topological polar surface area (TPSA) is 76.7 Å². The quantitative estimate of drug-likeness (QED) is 0.470. The number of aryl methyl sites for hydroxylation is 2. The number of carbonyl (C=O) groups excluding carboxylic acids is 2. The summed E-state index contributed by atoms with van der Waals surface area (Å²) < 4.78 is 12.0. The van der Waals surface area contributed by atoms with Crippen molar-refractivity contribution in [1.82, 2.24) is 10.9 Å². The number of unbranched alkanes of at least 4 members (excludes halogenated alkanes) is 1. The third-order valence-corrected chi connectivity index (χ3v) is 4.51. The maximum atomic E-state index is 12.5. The van der Waals surface area contributed by atoms with E-state index < -0.39 is 11.8 Å². The van der Waals surface area contributed by atoms with Crippen molar-refractivity contribution in [2.24, 2.45) is 0 Å². The minimum Gasteiger partial charge on any atom is -0.493 e. The Morgan fingerprint density at radius 2 is 1.75 bits per heavy atom. The summed E-state index contributed by atoms with van der Waals surface area (Å²) in [6.07, 6.45) is 1.89. The standard InChI is InChI=1S/C21H25BrN2O4/c1-4-5-11-27-18-10-9-16(22)12-17(18)21(26)24-23-19(25)13-28-20-14(2)7-6-8-15(20)3/h6-10,12H,4-5,11,13H2,1-3H3,(H,23,25)(H,24,26). The van der Waals surface area contributed by atoms with E-state index in [2.05, 4.69) is 33.7 Å². The van der Waals surface area contributed by atoms with Crippen molar-refractivity contribution in [3.8, 4) is 11.5 Å². The molecule has 0 radical (unpaired) electrons. The first-order chi connectivity index (χ1) is 13.4. The van der Waals surface area contributed by atoms with Gasteiger partial charge in [-0.25, -0.2) is 0 Å². The van der Waals surface area contributed by atoms with Crippen LogP contribution in [0.15, 0.2) is 40.9 Å². The van der Waals surface area contributed by atoms with Crippen molar-refractivity contribution in [3.63, 3.8) is 0 Å². The van der Waals surface area contributed by atoms with Gasteiger partial charge in [-0.2, -0.15) is 0 Å². The first-order valence-electron chi connectivity index (χ1n) is 9.13. The van der Waals surface area contributed by atoms with Gasteiger partial charge in [0, 0.05) is 4.47 Å². The maximum Gasteiger partial charge on any atom is 0.276 e. The van der Waals surface area contributed by atoms with E-state index in [0.717, 1.165) is 28.4 Å². The number of hydrogen-bond acceptors (Lipinski definition) is 4. The summed E-state index contributed by atoms with van der Waals surface area (Å²) in [5, 5.41) is 0. The highest BCUT2D eigenvalue weighted by molar-refractivity contribution is 9.10. The second kappa shape index (κ2) is 10.7. The Kier molecular flexibility index (Phi) is 8.32. The van der Waals surface area contributed by atoms with Crippen molar-refractivity contribution in [3.05, 3.63) is 57.6 Å². The molecule has 0 aromatic heterocycles. The molecule has 2 amide bonds. The Morgan fingerprint density at radius 1 is 1.04 bits per heavy atom. The van der Waals surface area contributed by atoms with Crippen LogP contribution < -0.4 is 20.3 Å². The second-order valence-corrected chi connectivity index (χ2v) is 7.27. The summed E-state index contributed by atoms with van der Waals surface area (Å²) in [4.78, 5) is 24.5. The number of hydrazine groups is 1. The minimum atomic E-state index is -0.465. The third-order valence-electron chi connectivity index (χ3n) is 4.01. The zero-order valence-electron chi connectivity index (χ0n) is 16.3. The lowest BCUT2D eigenvalue weighted by molar-refractivity contribution is -0.123. The number of hydrogen-bond donors (Lipinski definition) is 2. The van der Waals surface area contributed by atoms with E-state index in [9.17, 15) is 9.59 Å². The van der Waals surface area contributed by atoms with E-state index in [0.29, 0.717) is 23.7 Å². The molecular formula is C21H25BrN2O4. The molecule has 28 heavy (non-hydrogen) atoms. The van der Waals surface area contributed by atoms with Crippen molar-refractivity contribution >= 4 is 27.7 Å². The van der Waals surface area contributed by atoms with Crippen LogP contribution >= 0.6 is 15.9 Å². The number of carbonyl (C=O) groups is 2. The van der Waals surface area contributed by atoms with Crippen LogP contribution in [0.3, 0.4) is 0 Å². The van der Waals surface area contributed by atoms with Gasteiger partial charge in [-0.05, 0) is 49.6 Å². The molecule has 2 aromatic carbocycles. The number of ether oxygens (including phenoxy) is 2. The van der Waals surface area contributed by atoms with Gasteiger partial charge >= 0.3 is 0 Å². The molecule has 2 N–H and O–H groups in total. The zero-order valence-corrected chi connectivity index (χ0v) is 17.9. The highest BCUT2D eigenvalue weighted by atomic mass is 79.9. The largest absolute Gasteiger partial charge is 0.493 e.